The Morgan fingerprint density at radius 2 is 2.04 bits per heavy atom. The quantitative estimate of drug-likeness (QED) is 0.857. The Balaban J connectivity index is 2.20. The number of carbonyl (C=O) groups excluding carboxylic acids is 2. The molecule has 0 aliphatic rings. The molecule has 2 aromatic rings. The third-order valence-corrected chi connectivity index (χ3v) is 3.41. The maximum Gasteiger partial charge on any atom is 0.339 e. The van der Waals surface area contributed by atoms with Gasteiger partial charge in [0.15, 0.2) is 0 Å². The summed E-state index contributed by atoms with van der Waals surface area (Å²) in [4.78, 5) is 24.1. The van der Waals surface area contributed by atoms with Crippen molar-refractivity contribution in [2.45, 2.75) is 33.1 Å². The van der Waals surface area contributed by atoms with Crippen molar-refractivity contribution in [2.24, 2.45) is 0 Å². The van der Waals surface area contributed by atoms with E-state index in [-0.39, 0.29) is 18.2 Å². The van der Waals surface area contributed by atoms with Crippen LogP contribution >= 0.6 is 0 Å². The van der Waals surface area contributed by atoms with Gasteiger partial charge in [-0.2, -0.15) is 0 Å². The smallest absolute Gasteiger partial charge is 0.339 e. The van der Waals surface area contributed by atoms with E-state index in [1.165, 1.54) is 7.11 Å². The minimum absolute atomic E-state index is 0.0733. The monoisotopic (exact) mass is 316 g/mol. The van der Waals surface area contributed by atoms with Crippen molar-refractivity contribution in [3.8, 4) is 0 Å². The van der Waals surface area contributed by atoms with Crippen molar-refractivity contribution in [2.75, 3.05) is 12.4 Å². The van der Waals surface area contributed by atoms with Crippen molar-refractivity contribution in [3.63, 3.8) is 0 Å². The Morgan fingerprint density at radius 1 is 1.30 bits per heavy atom. The first-order valence-corrected chi connectivity index (χ1v) is 7.35. The van der Waals surface area contributed by atoms with Crippen molar-refractivity contribution < 1.29 is 18.8 Å². The zero-order valence-electron chi connectivity index (χ0n) is 13.7. The van der Waals surface area contributed by atoms with Gasteiger partial charge in [-0.15, -0.1) is 0 Å². The van der Waals surface area contributed by atoms with Crippen LogP contribution in [0.15, 0.2) is 28.8 Å². The van der Waals surface area contributed by atoms with E-state index in [0.29, 0.717) is 22.7 Å². The topological polar surface area (TPSA) is 81.4 Å². The lowest BCUT2D eigenvalue weighted by atomic mass is 9.99. The molecule has 1 heterocycles. The molecule has 1 aromatic heterocycles. The Kier molecular flexibility index (Phi) is 5.16. The number of nitrogens with zero attached hydrogens (tertiary/aromatic N) is 1. The Labute approximate surface area is 134 Å². The molecule has 0 atom stereocenters. The maximum absolute atomic E-state index is 12.1. The molecule has 0 saturated heterocycles. The molecule has 6 heteroatoms. The highest BCUT2D eigenvalue weighted by Gasteiger charge is 2.16. The number of aromatic nitrogens is 1. The molecule has 0 bridgehead atoms. The van der Waals surface area contributed by atoms with Gasteiger partial charge in [0, 0.05) is 6.07 Å². The zero-order valence-corrected chi connectivity index (χ0v) is 13.7. The molecule has 0 saturated carbocycles. The van der Waals surface area contributed by atoms with Crippen LogP contribution in [0.1, 0.15) is 47.1 Å². The molecule has 122 valence electrons. The second-order valence-corrected chi connectivity index (χ2v) is 5.61. The third-order valence-electron chi connectivity index (χ3n) is 3.41. The number of esters is 1. The average Bonchev–Trinajstić information content (AvgIpc) is 2.91. The number of amides is 1. The molecule has 23 heavy (non-hydrogen) atoms. The van der Waals surface area contributed by atoms with Gasteiger partial charge in [-0.25, -0.2) is 4.79 Å². The summed E-state index contributed by atoms with van der Waals surface area (Å²) in [5.74, 6) is 0.145. The number of hydrogen-bond donors (Lipinski definition) is 1. The van der Waals surface area contributed by atoms with Crippen LogP contribution in [0.4, 0.5) is 5.69 Å². The van der Waals surface area contributed by atoms with Crippen LogP contribution in [-0.2, 0) is 16.0 Å². The lowest BCUT2D eigenvalue weighted by Gasteiger charge is -2.13. The lowest BCUT2D eigenvalue weighted by Crippen LogP contribution is -2.17. The van der Waals surface area contributed by atoms with Gasteiger partial charge >= 0.3 is 5.97 Å². The minimum Gasteiger partial charge on any atom is -0.465 e. The summed E-state index contributed by atoms with van der Waals surface area (Å²) < 4.78 is 9.73. The van der Waals surface area contributed by atoms with Gasteiger partial charge in [-0.3, -0.25) is 4.79 Å². The summed E-state index contributed by atoms with van der Waals surface area (Å²) in [6, 6.07) is 7.04. The van der Waals surface area contributed by atoms with E-state index in [9.17, 15) is 9.59 Å². The van der Waals surface area contributed by atoms with E-state index in [4.69, 9.17) is 9.26 Å². The van der Waals surface area contributed by atoms with Crippen LogP contribution in [0.2, 0.25) is 0 Å². The van der Waals surface area contributed by atoms with Gasteiger partial charge in [-0.05, 0) is 30.5 Å². The van der Waals surface area contributed by atoms with Gasteiger partial charge in [0.05, 0.1) is 30.5 Å². The van der Waals surface area contributed by atoms with Crippen molar-refractivity contribution in [3.05, 3.63) is 46.8 Å². The van der Waals surface area contributed by atoms with Gasteiger partial charge in [-0.1, -0.05) is 25.1 Å². The van der Waals surface area contributed by atoms with Gasteiger partial charge in [0.25, 0.3) is 0 Å². The molecule has 0 aliphatic heterocycles. The van der Waals surface area contributed by atoms with E-state index in [1.54, 1.807) is 25.1 Å². The largest absolute Gasteiger partial charge is 0.465 e. The van der Waals surface area contributed by atoms with Crippen molar-refractivity contribution in [1.29, 1.82) is 0 Å². The highest BCUT2D eigenvalue weighted by Crippen LogP contribution is 2.23. The second-order valence-electron chi connectivity index (χ2n) is 5.61. The first kappa shape index (κ1) is 16.7. The third kappa shape index (κ3) is 4.18. The van der Waals surface area contributed by atoms with Crippen LogP contribution in [0.5, 0.6) is 0 Å². The van der Waals surface area contributed by atoms with Crippen molar-refractivity contribution in [1.82, 2.24) is 5.16 Å². The molecule has 0 unspecified atom stereocenters. The number of anilines is 1. The van der Waals surface area contributed by atoms with E-state index < -0.39 is 5.97 Å². The number of nitrogens with one attached hydrogen (secondary N) is 1. The van der Waals surface area contributed by atoms with Crippen LogP contribution in [0.3, 0.4) is 0 Å². The highest BCUT2D eigenvalue weighted by atomic mass is 16.5. The fraction of sp³-hybridized carbons (Fsp3) is 0.353. The maximum atomic E-state index is 12.1. The molecule has 1 N–H and O–H groups in total. The summed E-state index contributed by atoms with van der Waals surface area (Å²) in [7, 11) is 1.31. The highest BCUT2D eigenvalue weighted by molar-refractivity contribution is 6.01. The Morgan fingerprint density at radius 3 is 2.61 bits per heavy atom. The molecule has 1 amide bonds. The SMILES string of the molecule is COC(=O)c1cc(C(C)C)ccc1NC(=O)Cc1cc(C)on1. The predicted octanol–water partition coefficient (Wildman–Crippen LogP) is 3.07. The van der Waals surface area contributed by atoms with E-state index in [1.807, 2.05) is 19.9 Å². The Hall–Kier alpha value is -2.63. The van der Waals surface area contributed by atoms with Crippen LogP contribution in [0, 0.1) is 6.92 Å². The lowest BCUT2D eigenvalue weighted by molar-refractivity contribution is -0.115. The summed E-state index contributed by atoms with van der Waals surface area (Å²) in [5, 5.41) is 6.51. The molecule has 0 radical (unpaired) electrons. The molecule has 0 spiro atoms. The van der Waals surface area contributed by atoms with Gasteiger partial charge in [0.2, 0.25) is 5.91 Å². The molecule has 0 aliphatic carbocycles. The summed E-state index contributed by atoms with van der Waals surface area (Å²) >= 11 is 0. The summed E-state index contributed by atoms with van der Waals surface area (Å²) in [6.07, 6.45) is 0.0733. The van der Waals surface area contributed by atoms with E-state index in [0.717, 1.165) is 5.56 Å². The van der Waals surface area contributed by atoms with E-state index in [2.05, 4.69) is 10.5 Å². The number of ether oxygens (including phenoxy) is 1. The predicted molar refractivity (Wildman–Crippen MR) is 85.4 cm³/mol. The van der Waals surface area contributed by atoms with E-state index >= 15 is 0 Å². The molecule has 6 nitrogen and oxygen atoms in total. The number of carbonyl (C=O) groups is 2. The number of hydrogen-bond acceptors (Lipinski definition) is 5. The molecule has 1 aromatic carbocycles. The van der Waals surface area contributed by atoms with Crippen molar-refractivity contribution >= 4 is 17.6 Å². The second kappa shape index (κ2) is 7.09. The minimum atomic E-state index is -0.486. The number of rotatable bonds is 5. The fourth-order valence-corrected chi connectivity index (χ4v) is 2.17. The van der Waals surface area contributed by atoms with Gasteiger partial charge < -0.3 is 14.6 Å². The summed E-state index contributed by atoms with van der Waals surface area (Å²) in [6.45, 7) is 5.82. The molecular weight excluding hydrogens is 296 g/mol. The average molecular weight is 316 g/mol. The van der Waals surface area contributed by atoms with Crippen LogP contribution in [0.25, 0.3) is 0 Å². The summed E-state index contributed by atoms with van der Waals surface area (Å²) in [5.41, 5.74) is 2.30. The molecular formula is C17H20N2O4. The normalized spacial score (nSPS) is 10.7. The molecule has 2 rings (SSSR count). The first-order valence-electron chi connectivity index (χ1n) is 7.35. The zero-order chi connectivity index (χ0) is 17.0. The number of methoxy groups -OCH3 is 1. The Bertz CT molecular complexity index is 719. The van der Waals surface area contributed by atoms with Gasteiger partial charge in [0.1, 0.15) is 5.76 Å². The van der Waals surface area contributed by atoms with Crippen LogP contribution in [-0.4, -0.2) is 24.1 Å². The number of aryl methyl sites for hydroxylation is 1. The van der Waals surface area contributed by atoms with Crippen LogP contribution < -0.4 is 5.32 Å². The first-order chi connectivity index (χ1) is 10.9. The fourth-order valence-electron chi connectivity index (χ4n) is 2.17. The number of benzene rings is 1. The standard InChI is InChI=1S/C17H20N2O4/c1-10(2)12-5-6-15(14(8-12)17(21)22-4)18-16(20)9-13-7-11(3)23-19-13/h5-8,10H,9H2,1-4H3,(H,18,20). The molecule has 0 fully saturated rings.